The summed E-state index contributed by atoms with van der Waals surface area (Å²) in [6.07, 6.45) is -3.82. The van der Waals surface area contributed by atoms with Crippen LogP contribution < -0.4 is 9.47 Å². The van der Waals surface area contributed by atoms with Crippen molar-refractivity contribution in [1.82, 2.24) is 0 Å². The number of carbonyl (C=O) groups is 2. The first-order valence-corrected chi connectivity index (χ1v) is 15.7. The van der Waals surface area contributed by atoms with Crippen molar-refractivity contribution in [3.63, 3.8) is 0 Å². The van der Waals surface area contributed by atoms with Gasteiger partial charge in [-0.1, -0.05) is 12.1 Å². The normalized spacial score (nSPS) is 12.3. The molecular weight excluding hydrogens is 560 g/mol. The van der Waals surface area contributed by atoms with E-state index >= 15 is 0 Å². The molecule has 0 bridgehead atoms. The van der Waals surface area contributed by atoms with Crippen LogP contribution in [-0.4, -0.2) is 43.5 Å². The number of carboxylic acids is 1. The molecule has 0 amide bonds. The topological polar surface area (TPSA) is 72.8 Å². The average molecular weight is 590 g/mol. The van der Waals surface area contributed by atoms with Gasteiger partial charge in [-0.2, -0.15) is 0 Å². The van der Waals surface area contributed by atoms with Gasteiger partial charge in [-0.3, -0.25) is 0 Å². The number of carboxylic acid groups (broad SMARTS) is 1. The molecule has 0 saturated heterocycles. The van der Waals surface area contributed by atoms with Crippen LogP contribution in [0.2, 0.25) is 5.21 Å². The number of para-hydroxylation sites is 1. The Morgan fingerprint density at radius 1 is 0.895 bits per heavy atom. The standard InChI is InChI=1S/C29H30AsF3O5/c1-20(2)17-30(18-22-7-11-23(12-8-22)29(31,32)33)27(34)19-38-24-13-9-21(10-14-24)15-16-37-26-6-4-3-5-25(26)28(35)36/h3-14,20H,15-19H2,1-2H3,(H,35,36). The Morgan fingerprint density at radius 2 is 1.53 bits per heavy atom. The first-order valence-electron chi connectivity index (χ1n) is 12.1. The summed E-state index contributed by atoms with van der Waals surface area (Å²) >= 11 is -2.06. The molecule has 3 rings (SSSR count). The molecule has 1 atom stereocenters. The second-order valence-corrected chi connectivity index (χ2v) is 13.9. The molecule has 5 nitrogen and oxygen atoms in total. The van der Waals surface area contributed by atoms with E-state index in [1.165, 1.54) is 18.2 Å². The van der Waals surface area contributed by atoms with E-state index in [1.54, 1.807) is 30.3 Å². The molecule has 202 valence electrons. The molecule has 0 aliphatic heterocycles. The van der Waals surface area contributed by atoms with Gasteiger partial charge in [0.15, 0.2) is 0 Å². The zero-order chi connectivity index (χ0) is 27.7. The fourth-order valence-electron chi connectivity index (χ4n) is 3.75. The summed E-state index contributed by atoms with van der Waals surface area (Å²) in [6.45, 7) is 4.30. The van der Waals surface area contributed by atoms with Crippen LogP contribution in [-0.2, 0) is 22.6 Å². The van der Waals surface area contributed by atoms with E-state index < -0.39 is 32.4 Å². The van der Waals surface area contributed by atoms with Gasteiger partial charge in [0.1, 0.15) is 0 Å². The van der Waals surface area contributed by atoms with E-state index in [1.807, 2.05) is 26.0 Å². The maximum atomic E-state index is 13.0. The van der Waals surface area contributed by atoms with Crippen LogP contribution in [0.5, 0.6) is 11.5 Å². The summed E-state index contributed by atoms with van der Waals surface area (Å²) in [5.74, 6) is 0.120. The van der Waals surface area contributed by atoms with Crippen LogP contribution in [0.25, 0.3) is 0 Å². The van der Waals surface area contributed by atoms with Crippen LogP contribution in [0.3, 0.4) is 0 Å². The summed E-state index contributed by atoms with van der Waals surface area (Å²) in [6, 6.07) is 18.8. The third-order valence-corrected chi connectivity index (χ3v) is 11.4. The van der Waals surface area contributed by atoms with Gasteiger partial charge in [0.2, 0.25) is 0 Å². The minimum atomic E-state index is -4.38. The van der Waals surface area contributed by atoms with Gasteiger partial charge < -0.3 is 5.11 Å². The van der Waals surface area contributed by atoms with Crippen LogP contribution in [0.4, 0.5) is 13.2 Å². The second-order valence-electron chi connectivity index (χ2n) is 9.20. The van der Waals surface area contributed by atoms with Crippen LogP contribution in [0.15, 0.2) is 72.8 Å². The van der Waals surface area contributed by atoms with Crippen molar-refractivity contribution >= 4 is 25.2 Å². The SMILES string of the molecule is CC(C)C[As](Cc1ccc(C(F)(F)F)cc1)C(=O)COc1ccc(CCOc2ccccc2C(=O)O)cc1. The van der Waals surface area contributed by atoms with Crippen molar-refractivity contribution in [3.05, 3.63) is 95.1 Å². The number of halogens is 3. The monoisotopic (exact) mass is 590 g/mol. The van der Waals surface area contributed by atoms with E-state index in [2.05, 4.69) is 0 Å². The predicted molar refractivity (Wildman–Crippen MR) is 140 cm³/mol. The molecule has 3 aromatic rings. The Labute approximate surface area is 224 Å². The zero-order valence-corrected chi connectivity index (χ0v) is 23.1. The first kappa shape index (κ1) is 29.3. The fourth-order valence-corrected chi connectivity index (χ4v) is 8.55. The summed E-state index contributed by atoms with van der Waals surface area (Å²) in [5, 5.41) is 10.5. The fraction of sp³-hybridized carbons (Fsp3) is 0.310. The number of aromatic carboxylic acids is 1. The summed E-state index contributed by atoms with van der Waals surface area (Å²) in [5.41, 5.74) is 1.12. The molecule has 0 radical (unpaired) electrons. The van der Waals surface area contributed by atoms with Gasteiger partial charge in [-0.15, -0.1) is 0 Å². The van der Waals surface area contributed by atoms with Gasteiger partial charge in [-0.05, 0) is 6.07 Å². The van der Waals surface area contributed by atoms with Crippen molar-refractivity contribution < 1.29 is 37.3 Å². The molecule has 0 aliphatic rings. The Hall–Kier alpha value is -3.25. The Bertz CT molecular complexity index is 1210. The Kier molecular flexibility index (Phi) is 10.4. The molecule has 0 aliphatic carbocycles. The van der Waals surface area contributed by atoms with Crippen molar-refractivity contribution in [2.24, 2.45) is 5.92 Å². The minimum absolute atomic E-state index is 0.0423. The molecule has 0 heterocycles. The average Bonchev–Trinajstić information content (AvgIpc) is 2.87. The van der Waals surface area contributed by atoms with Crippen LogP contribution >= 0.6 is 0 Å². The number of alkyl halides is 3. The third-order valence-electron chi connectivity index (χ3n) is 5.64. The molecule has 1 unspecified atom stereocenters. The van der Waals surface area contributed by atoms with E-state index in [-0.39, 0.29) is 16.7 Å². The molecule has 0 aromatic heterocycles. The molecule has 38 heavy (non-hydrogen) atoms. The van der Waals surface area contributed by atoms with E-state index in [0.717, 1.165) is 28.5 Å². The van der Waals surface area contributed by atoms with Gasteiger partial charge in [0.25, 0.3) is 0 Å². The second kappa shape index (κ2) is 13.5. The van der Waals surface area contributed by atoms with Crippen molar-refractivity contribution in [1.29, 1.82) is 0 Å². The van der Waals surface area contributed by atoms with Crippen molar-refractivity contribution in [3.8, 4) is 11.5 Å². The van der Waals surface area contributed by atoms with E-state index in [0.29, 0.717) is 35.7 Å². The number of rotatable bonds is 13. The zero-order valence-electron chi connectivity index (χ0n) is 21.2. The summed E-state index contributed by atoms with van der Waals surface area (Å²) in [7, 11) is 0. The quantitative estimate of drug-likeness (QED) is 0.232. The number of hydrogen-bond donors (Lipinski definition) is 1. The molecule has 3 aromatic carbocycles. The van der Waals surface area contributed by atoms with Crippen molar-refractivity contribution in [2.45, 2.75) is 36.9 Å². The Balaban J connectivity index is 1.52. The van der Waals surface area contributed by atoms with Gasteiger partial charge in [0, 0.05) is 0 Å². The molecule has 9 heteroatoms. The molecule has 0 saturated carbocycles. The molecular formula is C29H30AsF3O5. The van der Waals surface area contributed by atoms with Crippen LogP contribution in [0, 0.1) is 5.92 Å². The molecule has 1 N–H and O–H groups in total. The summed E-state index contributed by atoms with van der Waals surface area (Å²) < 4.78 is 50.0. The third kappa shape index (κ3) is 8.94. The summed E-state index contributed by atoms with van der Waals surface area (Å²) in [4.78, 5) is 24.3. The number of carbonyl (C=O) groups excluding carboxylic acids is 1. The van der Waals surface area contributed by atoms with Gasteiger partial charge in [-0.25, -0.2) is 4.79 Å². The maximum absolute atomic E-state index is 13.0. The van der Waals surface area contributed by atoms with Gasteiger partial charge >= 0.3 is 197 Å². The van der Waals surface area contributed by atoms with E-state index in [4.69, 9.17) is 9.47 Å². The Morgan fingerprint density at radius 3 is 2.13 bits per heavy atom. The van der Waals surface area contributed by atoms with Crippen LogP contribution in [0.1, 0.15) is 40.9 Å². The number of hydrogen-bond acceptors (Lipinski definition) is 4. The van der Waals surface area contributed by atoms with Crippen molar-refractivity contribution in [2.75, 3.05) is 13.2 Å². The van der Waals surface area contributed by atoms with E-state index in [9.17, 15) is 27.9 Å². The number of benzene rings is 3. The molecule has 0 fully saturated rings. The van der Waals surface area contributed by atoms with Gasteiger partial charge in [0.05, 0.1) is 0 Å². The molecule has 0 spiro atoms. The number of ether oxygens (including phenoxy) is 2. The first-order chi connectivity index (χ1) is 18.0. The predicted octanol–water partition coefficient (Wildman–Crippen LogP) is 6.44.